The molecule has 0 heterocycles. The van der Waals surface area contributed by atoms with Crippen LogP contribution in [0.4, 0.5) is 20.6 Å². The lowest BCUT2D eigenvalue weighted by Gasteiger charge is -2.26. The van der Waals surface area contributed by atoms with Crippen LogP contribution in [0.1, 0.15) is 18.5 Å². The molecule has 1 unspecified atom stereocenters. The zero-order valence-electron chi connectivity index (χ0n) is 13.0. The van der Waals surface area contributed by atoms with Gasteiger partial charge in [0.1, 0.15) is 5.82 Å². The maximum atomic E-state index is 13.8. The van der Waals surface area contributed by atoms with Gasteiger partial charge in [0.25, 0.3) is 5.69 Å². The first-order valence-corrected chi connectivity index (χ1v) is 7.41. The molecule has 24 heavy (non-hydrogen) atoms. The van der Waals surface area contributed by atoms with Crippen LogP contribution in [0, 0.1) is 15.9 Å². The van der Waals surface area contributed by atoms with E-state index in [-0.39, 0.29) is 16.4 Å². The number of rotatable bonds is 4. The molecule has 0 fully saturated rings. The molecule has 0 saturated heterocycles. The summed E-state index contributed by atoms with van der Waals surface area (Å²) in [5.74, 6) is -0.405. The second kappa shape index (κ2) is 7.27. The van der Waals surface area contributed by atoms with Crippen molar-refractivity contribution < 1.29 is 14.1 Å². The number of urea groups is 1. The topological polar surface area (TPSA) is 75.5 Å². The number of hydrogen-bond donors (Lipinski definition) is 1. The largest absolute Gasteiger partial charge is 0.322 e. The van der Waals surface area contributed by atoms with Gasteiger partial charge >= 0.3 is 6.03 Å². The molecule has 2 aromatic rings. The number of amides is 2. The van der Waals surface area contributed by atoms with Crippen molar-refractivity contribution in [2.75, 3.05) is 12.4 Å². The van der Waals surface area contributed by atoms with Crippen molar-refractivity contribution in [2.45, 2.75) is 13.0 Å². The number of carbonyl (C=O) groups excluding carboxylic acids is 1. The van der Waals surface area contributed by atoms with E-state index in [0.717, 1.165) is 6.07 Å². The average molecular weight is 352 g/mol. The van der Waals surface area contributed by atoms with Gasteiger partial charge in [-0.25, -0.2) is 9.18 Å². The van der Waals surface area contributed by atoms with E-state index in [9.17, 15) is 19.3 Å². The van der Waals surface area contributed by atoms with Gasteiger partial charge in [-0.3, -0.25) is 10.1 Å². The minimum atomic E-state index is -0.580. The summed E-state index contributed by atoms with van der Waals surface area (Å²) in [4.78, 5) is 23.7. The van der Waals surface area contributed by atoms with Crippen LogP contribution in [0.25, 0.3) is 0 Å². The molecule has 0 radical (unpaired) electrons. The van der Waals surface area contributed by atoms with Crippen LogP contribution >= 0.6 is 11.6 Å². The van der Waals surface area contributed by atoms with Gasteiger partial charge in [0.2, 0.25) is 0 Å². The first-order chi connectivity index (χ1) is 11.3. The van der Waals surface area contributed by atoms with E-state index in [2.05, 4.69) is 5.32 Å². The van der Waals surface area contributed by atoms with Crippen molar-refractivity contribution in [1.29, 1.82) is 0 Å². The Morgan fingerprint density at radius 1 is 1.33 bits per heavy atom. The number of nitro groups is 1. The zero-order valence-corrected chi connectivity index (χ0v) is 13.7. The van der Waals surface area contributed by atoms with Crippen molar-refractivity contribution >= 4 is 29.0 Å². The summed E-state index contributed by atoms with van der Waals surface area (Å²) >= 11 is 5.95. The van der Waals surface area contributed by atoms with Gasteiger partial charge in [0.15, 0.2) is 0 Å². The van der Waals surface area contributed by atoms with E-state index in [1.54, 1.807) is 25.1 Å². The molecule has 0 aliphatic carbocycles. The van der Waals surface area contributed by atoms with Crippen LogP contribution in [-0.4, -0.2) is 22.9 Å². The van der Waals surface area contributed by atoms with Crippen molar-refractivity contribution in [1.82, 2.24) is 4.90 Å². The smallest absolute Gasteiger partial charge is 0.321 e. The van der Waals surface area contributed by atoms with E-state index in [1.165, 1.54) is 30.1 Å². The second-order valence-electron chi connectivity index (χ2n) is 5.16. The van der Waals surface area contributed by atoms with E-state index < -0.39 is 22.8 Å². The van der Waals surface area contributed by atoms with Crippen molar-refractivity contribution in [3.8, 4) is 0 Å². The summed E-state index contributed by atoms with van der Waals surface area (Å²) in [6, 6.07) is 8.90. The third-order valence-electron chi connectivity index (χ3n) is 3.66. The molecule has 0 aliphatic heterocycles. The molecule has 2 amide bonds. The molecule has 1 atom stereocenters. The summed E-state index contributed by atoms with van der Waals surface area (Å²) in [5.41, 5.74) is 0.441. The van der Waals surface area contributed by atoms with E-state index in [4.69, 9.17) is 11.6 Å². The lowest BCUT2D eigenvalue weighted by Crippen LogP contribution is -2.34. The lowest BCUT2D eigenvalue weighted by molar-refractivity contribution is -0.384. The Labute approximate surface area is 143 Å². The molecule has 6 nitrogen and oxygen atoms in total. The van der Waals surface area contributed by atoms with Crippen LogP contribution < -0.4 is 5.32 Å². The predicted octanol–water partition coefficient (Wildman–Crippen LogP) is 4.61. The number of benzene rings is 2. The number of nitrogens with zero attached hydrogens (tertiary/aromatic N) is 2. The number of hydrogen-bond acceptors (Lipinski definition) is 3. The van der Waals surface area contributed by atoms with Gasteiger partial charge in [-0.05, 0) is 19.1 Å². The Morgan fingerprint density at radius 2 is 2.00 bits per heavy atom. The fourth-order valence-corrected chi connectivity index (χ4v) is 2.34. The highest BCUT2D eigenvalue weighted by molar-refractivity contribution is 6.33. The molecule has 8 heteroatoms. The highest BCUT2D eigenvalue weighted by atomic mass is 35.5. The van der Waals surface area contributed by atoms with Crippen LogP contribution in [0.5, 0.6) is 0 Å². The van der Waals surface area contributed by atoms with E-state index in [1.807, 2.05) is 0 Å². The maximum Gasteiger partial charge on any atom is 0.322 e. The summed E-state index contributed by atoms with van der Waals surface area (Å²) in [5, 5.41) is 13.3. The predicted molar refractivity (Wildman–Crippen MR) is 89.7 cm³/mol. The van der Waals surface area contributed by atoms with E-state index >= 15 is 0 Å². The molecular weight excluding hydrogens is 337 g/mol. The standard InChI is InChI=1S/C16H15ClFN3O3/c1-10(12-5-3-4-6-14(12)18)20(2)16(22)19-15-8-7-11(21(23)24)9-13(15)17/h3-10H,1-2H3,(H,19,22). The molecular formula is C16H15ClFN3O3. The van der Waals surface area contributed by atoms with Crippen LogP contribution in [0.15, 0.2) is 42.5 Å². The molecule has 126 valence electrons. The second-order valence-corrected chi connectivity index (χ2v) is 5.57. The van der Waals surface area contributed by atoms with Crippen LogP contribution in [0.2, 0.25) is 5.02 Å². The molecule has 2 aromatic carbocycles. The summed E-state index contributed by atoms with van der Waals surface area (Å²) < 4.78 is 13.8. The average Bonchev–Trinajstić information content (AvgIpc) is 2.55. The fourth-order valence-electron chi connectivity index (χ4n) is 2.12. The normalized spacial score (nSPS) is 11.7. The minimum absolute atomic E-state index is 0.0458. The summed E-state index contributed by atoms with van der Waals surface area (Å²) in [6.07, 6.45) is 0. The molecule has 2 rings (SSSR count). The quantitative estimate of drug-likeness (QED) is 0.645. The Kier molecular flexibility index (Phi) is 5.35. The molecule has 0 aliphatic rings. The molecule has 0 aromatic heterocycles. The lowest BCUT2D eigenvalue weighted by atomic mass is 10.1. The van der Waals surface area contributed by atoms with Gasteiger partial charge in [-0.15, -0.1) is 0 Å². The van der Waals surface area contributed by atoms with Crippen LogP contribution in [-0.2, 0) is 0 Å². The van der Waals surface area contributed by atoms with Gasteiger partial charge in [-0.2, -0.15) is 0 Å². The molecule has 0 saturated carbocycles. The highest BCUT2D eigenvalue weighted by Crippen LogP contribution is 2.28. The molecule has 0 bridgehead atoms. The van der Waals surface area contributed by atoms with Gasteiger partial charge < -0.3 is 10.2 Å². The Morgan fingerprint density at radius 3 is 2.58 bits per heavy atom. The van der Waals surface area contributed by atoms with Gasteiger partial charge in [0.05, 0.1) is 21.7 Å². The maximum absolute atomic E-state index is 13.8. The SMILES string of the molecule is CC(c1ccccc1F)N(C)C(=O)Nc1ccc([N+](=O)[O-])cc1Cl. The Hall–Kier alpha value is -2.67. The van der Waals surface area contributed by atoms with Gasteiger partial charge in [0, 0.05) is 24.7 Å². The third-order valence-corrected chi connectivity index (χ3v) is 3.97. The summed E-state index contributed by atoms with van der Waals surface area (Å²) in [7, 11) is 1.52. The molecule has 1 N–H and O–H groups in total. The number of halogens is 2. The molecule has 0 spiro atoms. The fraction of sp³-hybridized carbons (Fsp3) is 0.188. The zero-order chi connectivity index (χ0) is 17.9. The Bertz CT molecular complexity index is 785. The highest BCUT2D eigenvalue weighted by Gasteiger charge is 2.21. The number of nitro benzene ring substituents is 1. The van der Waals surface area contributed by atoms with Crippen molar-refractivity contribution in [3.63, 3.8) is 0 Å². The van der Waals surface area contributed by atoms with Crippen molar-refractivity contribution in [3.05, 3.63) is 69.0 Å². The number of carbonyl (C=O) groups is 1. The van der Waals surface area contributed by atoms with E-state index in [0.29, 0.717) is 5.56 Å². The number of non-ortho nitro benzene ring substituents is 1. The van der Waals surface area contributed by atoms with Crippen LogP contribution in [0.3, 0.4) is 0 Å². The number of anilines is 1. The van der Waals surface area contributed by atoms with Crippen molar-refractivity contribution in [2.24, 2.45) is 0 Å². The summed E-state index contributed by atoms with van der Waals surface area (Å²) in [6.45, 7) is 1.69. The first-order valence-electron chi connectivity index (χ1n) is 7.03. The third kappa shape index (κ3) is 3.80. The minimum Gasteiger partial charge on any atom is -0.321 e. The first kappa shape index (κ1) is 17.7. The Balaban J connectivity index is 2.14. The van der Waals surface area contributed by atoms with Gasteiger partial charge in [-0.1, -0.05) is 29.8 Å². The monoisotopic (exact) mass is 351 g/mol. The number of nitrogens with one attached hydrogen (secondary N) is 1.